The summed E-state index contributed by atoms with van der Waals surface area (Å²) in [6.07, 6.45) is 0. The number of benzene rings is 1. The van der Waals surface area contributed by atoms with Gasteiger partial charge in [0.2, 0.25) is 10.0 Å². The zero-order valence-corrected chi connectivity index (χ0v) is 14.4. The van der Waals surface area contributed by atoms with Crippen LogP contribution in [-0.2, 0) is 21.4 Å². The molecule has 130 valence electrons. The first-order chi connectivity index (χ1) is 11.2. The average Bonchev–Trinajstić information content (AvgIpc) is 2.82. The van der Waals surface area contributed by atoms with E-state index < -0.39 is 22.6 Å². The number of nitrogens with one attached hydrogen (secondary N) is 1. The van der Waals surface area contributed by atoms with Gasteiger partial charge in [-0.2, -0.15) is 0 Å². The van der Waals surface area contributed by atoms with Gasteiger partial charge in [-0.05, 0) is 32.0 Å². The fourth-order valence-electron chi connectivity index (χ4n) is 1.91. The van der Waals surface area contributed by atoms with E-state index >= 15 is 0 Å². The molecule has 0 spiro atoms. The Kier molecular flexibility index (Phi) is 5.47. The van der Waals surface area contributed by atoms with Crippen molar-refractivity contribution in [3.05, 3.63) is 40.2 Å². The number of aryl methyl sites for hydroxylation is 2. The van der Waals surface area contributed by atoms with Crippen LogP contribution in [0.1, 0.15) is 17.0 Å². The van der Waals surface area contributed by atoms with Crippen LogP contribution in [0.25, 0.3) is 0 Å². The van der Waals surface area contributed by atoms with Gasteiger partial charge in [0, 0.05) is 12.1 Å². The Hall–Kier alpha value is -2.10. The van der Waals surface area contributed by atoms with Crippen molar-refractivity contribution in [2.24, 2.45) is 0 Å². The Morgan fingerprint density at radius 3 is 2.67 bits per heavy atom. The molecular formula is C14H15ClN2O6S. The maximum atomic E-state index is 12.3. The first-order valence-electron chi connectivity index (χ1n) is 6.76. The summed E-state index contributed by atoms with van der Waals surface area (Å²) >= 11 is 5.93. The lowest BCUT2D eigenvalue weighted by Gasteiger charge is -2.09. The summed E-state index contributed by atoms with van der Waals surface area (Å²) in [7, 11) is -3.82. The van der Waals surface area contributed by atoms with Crippen molar-refractivity contribution < 1.29 is 27.6 Å². The number of carboxylic acids is 1. The molecule has 2 aromatic rings. The number of hydrogen-bond acceptors (Lipinski definition) is 6. The molecule has 1 aromatic heterocycles. The molecule has 2 rings (SSSR count). The third-order valence-electron chi connectivity index (χ3n) is 3.18. The van der Waals surface area contributed by atoms with Crippen molar-refractivity contribution >= 4 is 27.6 Å². The van der Waals surface area contributed by atoms with Gasteiger partial charge in [0.1, 0.15) is 11.5 Å². The first-order valence-corrected chi connectivity index (χ1v) is 8.62. The van der Waals surface area contributed by atoms with Crippen LogP contribution >= 0.6 is 11.6 Å². The summed E-state index contributed by atoms with van der Waals surface area (Å²) in [6, 6.07) is 3.77. The van der Waals surface area contributed by atoms with Crippen LogP contribution in [0.15, 0.2) is 27.6 Å². The fraction of sp³-hybridized carbons (Fsp3) is 0.286. The molecule has 8 nitrogen and oxygen atoms in total. The standard InChI is InChI=1S/C14H15ClN2O6S/c1-8-11(9(2)23-17-8)6-16-24(20,21)10-3-4-13(12(15)5-10)22-7-14(18)19/h3-5,16H,6-7H2,1-2H3,(H,18,19). The van der Waals surface area contributed by atoms with Gasteiger partial charge >= 0.3 is 5.97 Å². The lowest BCUT2D eigenvalue weighted by atomic mass is 10.2. The van der Waals surface area contributed by atoms with Crippen LogP contribution < -0.4 is 9.46 Å². The van der Waals surface area contributed by atoms with E-state index in [1.807, 2.05) is 0 Å². The van der Waals surface area contributed by atoms with E-state index in [0.717, 1.165) is 0 Å². The number of ether oxygens (including phenoxy) is 1. The smallest absolute Gasteiger partial charge is 0.341 e. The van der Waals surface area contributed by atoms with Crippen molar-refractivity contribution in [3.8, 4) is 5.75 Å². The van der Waals surface area contributed by atoms with Crippen LogP contribution in [0.3, 0.4) is 0 Å². The summed E-state index contributed by atoms with van der Waals surface area (Å²) < 4.78 is 37.0. The fourth-order valence-corrected chi connectivity index (χ4v) is 3.23. The molecule has 0 aliphatic heterocycles. The molecule has 24 heavy (non-hydrogen) atoms. The van der Waals surface area contributed by atoms with Crippen LogP contribution in [0.5, 0.6) is 5.75 Å². The van der Waals surface area contributed by atoms with Gasteiger partial charge in [-0.1, -0.05) is 16.8 Å². The summed E-state index contributed by atoms with van der Waals surface area (Å²) in [5, 5.41) is 12.3. The highest BCUT2D eigenvalue weighted by Gasteiger charge is 2.18. The minimum atomic E-state index is -3.82. The van der Waals surface area contributed by atoms with Crippen LogP contribution in [0, 0.1) is 13.8 Å². The molecule has 0 saturated carbocycles. The molecule has 10 heteroatoms. The number of carbonyl (C=O) groups is 1. The largest absolute Gasteiger partial charge is 0.480 e. The van der Waals surface area contributed by atoms with Gasteiger partial charge < -0.3 is 14.4 Å². The summed E-state index contributed by atoms with van der Waals surface area (Å²) in [5.41, 5.74) is 1.26. The van der Waals surface area contributed by atoms with E-state index in [1.165, 1.54) is 18.2 Å². The molecule has 0 aliphatic carbocycles. The number of aromatic nitrogens is 1. The van der Waals surface area contributed by atoms with E-state index in [-0.39, 0.29) is 22.2 Å². The molecule has 0 unspecified atom stereocenters. The normalized spacial score (nSPS) is 11.5. The third-order valence-corrected chi connectivity index (χ3v) is 4.88. The Morgan fingerprint density at radius 1 is 1.42 bits per heavy atom. The molecule has 0 fully saturated rings. The maximum Gasteiger partial charge on any atom is 0.341 e. The second kappa shape index (κ2) is 7.20. The number of sulfonamides is 1. The predicted molar refractivity (Wildman–Crippen MR) is 84.6 cm³/mol. The lowest BCUT2D eigenvalue weighted by Crippen LogP contribution is -2.23. The second-order valence-corrected chi connectivity index (χ2v) is 7.08. The quantitative estimate of drug-likeness (QED) is 0.759. The highest BCUT2D eigenvalue weighted by molar-refractivity contribution is 7.89. The van der Waals surface area contributed by atoms with Gasteiger partial charge in [-0.3, -0.25) is 0 Å². The topological polar surface area (TPSA) is 119 Å². The number of rotatable bonds is 7. The molecule has 0 radical (unpaired) electrons. The number of hydrogen-bond donors (Lipinski definition) is 2. The monoisotopic (exact) mass is 374 g/mol. The van der Waals surface area contributed by atoms with E-state index in [4.69, 9.17) is 26.0 Å². The van der Waals surface area contributed by atoms with Crippen molar-refractivity contribution in [3.63, 3.8) is 0 Å². The number of halogens is 1. The minimum absolute atomic E-state index is 0.00327. The Morgan fingerprint density at radius 2 is 2.12 bits per heavy atom. The van der Waals surface area contributed by atoms with E-state index in [1.54, 1.807) is 13.8 Å². The first kappa shape index (κ1) is 18.2. The Balaban J connectivity index is 2.14. The van der Waals surface area contributed by atoms with Gasteiger partial charge in [-0.15, -0.1) is 0 Å². The molecule has 0 amide bonds. The van der Waals surface area contributed by atoms with Crippen molar-refractivity contribution in [1.82, 2.24) is 9.88 Å². The maximum absolute atomic E-state index is 12.3. The Labute approximate surface area is 143 Å². The SMILES string of the molecule is Cc1noc(C)c1CNS(=O)(=O)c1ccc(OCC(=O)O)c(Cl)c1. The molecule has 0 bridgehead atoms. The number of carboxylic acid groups (broad SMARTS) is 1. The zero-order valence-electron chi connectivity index (χ0n) is 12.9. The number of nitrogens with zero attached hydrogens (tertiary/aromatic N) is 1. The van der Waals surface area contributed by atoms with Crippen LogP contribution in [0.2, 0.25) is 5.02 Å². The van der Waals surface area contributed by atoms with Crippen molar-refractivity contribution in [2.75, 3.05) is 6.61 Å². The predicted octanol–water partition coefficient (Wildman–Crippen LogP) is 1.89. The minimum Gasteiger partial charge on any atom is -0.480 e. The molecule has 0 aliphatic rings. The second-order valence-electron chi connectivity index (χ2n) is 4.90. The number of aliphatic carboxylic acids is 1. The lowest BCUT2D eigenvalue weighted by molar-refractivity contribution is -0.139. The van der Waals surface area contributed by atoms with E-state index in [0.29, 0.717) is 17.0 Å². The molecule has 0 atom stereocenters. The average molecular weight is 375 g/mol. The summed E-state index contributed by atoms with van der Waals surface area (Å²) in [6.45, 7) is 2.86. The zero-order chi connectivity index (χ0) is 17.9. The molecule has 1 heterocycles. The third kappa shape index (κ3) is 4.25. The van der Waals surface area contributed by atoms with E-state index in [9.17, 15) is 13.2 Å². The van der Waals surface area contributed by atoms with Crippen LogP contribution in [-0.4, -0.2) is 31.3 Å². The summed E-state index contributed by atoms with van der Waals surface area (Å²) in [5.74, 6) is -0.543. The van der Waals surface area contributed by atoms with Gasteiger partial charge in [-0.25, -0.2) is 17.9 Å². The van der Waals surface area contributed by atoms with Crippen molar-refractivity contribution in [1.29, 1.82) is 0 Å². The molecular weight excluding hydrogens is 360 g/mol. The molecule has 1 aromatic carbocycles. The van der Waals surface area contributed by atoms with Crippen LogP contribution in [0.4, 0.5) is 0 Å². The van der Waals surface area contributed by atoms with E-state index in [2.05, 4.69) is 9.88 Å². The highest BCUT2D eigenvalue weighted by Crippen LogP contribution is 2.27. The molecule has 0 saturated heterocycles. The van der Waals surface area contributed by atoms with Crippen molar-refractivity contribution in [2.45, 2.75) is 25.3 Å². The van der Waals surface area contributed by atoms with Gasteiger partial charge in [0.25, 0.3) is 0 Å². The molecule has 2 N–H and O–H groups in total. The van der Waals surface area contributed by atoms with Gasteiger partial charge in [0.15, 0.2) is 6.61 Å². The van der Waals surface area contributed by atoms with Gasteiger partial charge in [0.05, 0.1) is 15.6 Å². The highest BCUT2D eigenvalue weighted by atomic mass is 35.5. The Bertz CT molecular complexity index is 843. The summed E-state index contributed by atoms with van der Waals surface area (Å²) in [4.78, 5) is 10.4.